The summed E-state index contributed by atoms with van der Waals surface area (Å²) in [5.41, 5.74) is -0.783. The summed E-state index contributed by atoms with van der Waals surface area (Å²) < 4.78 is 49.6. The maximum atomic E-state index is 12.5. The highest BCUT2D eigenvalue weighted by atomic mass is 32.2. The third-order valence-corrected chi connectivity index (χ3v) is 6.68. The van der Waals surface area contributed by atoms with Gasteiger partial charge in [-0.25, -0.2) is 0 Å². The summed E-state index contributed by atoms with van der Waals surface area (Å²) in [6.07, 6.45) is 0.443. The van der Waals surface area contributed by atoms with Crippen molar-refractivity contribution >= 4 is 16.6 Å². The fourth-order valence-electron chi connectivity index (χ4n) is 3.39. The van der Waals surface area contributed by atoms with Gasteiger partial charge in [0, 0.05) is 39.0 Å². The van der Waals surface area contributed by atoms with E-state index in [2.05, 4.69) is 4.98 Å². The summed E-state index contributed by atoms with van der Waals surface area (Å²) >= 11 is 0. The van der Waals surface area contributed by atoms with E-state index in [9.17, 15) is 22.2 Å². The van der Waals surface area contributed by atoms with Crippen molar-refractivity contribution in [3.63, 3.8) is 0 Å². The second-order valence-corrected chi connectivity index (χ2v) is 7.96. The van der Waals surface area contributed by atoms with Crippen LogP contribution in [0.2, 0.25) is 0 Å². The average molecular weight is 331 g/mol. The summed E-state index contributed by atoms with van der Waals surface area (Å²) in [6.45, 7) is 0. The maximum absolute atomic E-state index is 12.5. The molecule has 0 aromatic carbocycles. The van der Waals surface area contributed by atoms with Crippen molar-refractivity contribution in [2.75, 3.05) is 0 Å². The van der Waals surface area contributed by atoms with Crippen LogP contribution in [0, 0.1) is 5.92 Å². The van der Waals surface area contributed by atoms with Crippen LogP contribution in [0.1, 0.15) is 48.2 Å². The molecule has 22 heavy (non-hydrogen) atoms. The molecule has 3 nitrogen and oxygen atoms in total. The third kappa shape index (κ3) is 2.95. The Morgan fingerprint density at radius 2 is 1.82 bits per heavy atom. The van der Waals surface area contributed by atoms with Gasteiger partial charge >= 0.3 is 6.18 Å². The molecule has 2 fully saturated rings. The van der Waals surface area contributed by atoms with E-state index < -0.39 is 22.7 Å². The van der Waals surface area contributed by atoms with Gasteiger partial charge in [0.25, 0.3) is 0 Å². The highest BCUT2D eigenvalue weighted by Crippen LogP contribution is 2.38. The lowest BCUT2D eigenvalue weighted by Gasteiger charge is -2.37. The Hall–Kier alpha value is -1.24. The fourth-order valence-corrected chi connectivity index (χ4v) is 5.58. The van der Waals surface area contributed by atoms with Gasteiger partial charge in [-0.1, -0.05) is 6.42 Å². The van der Waals surface area contributed by atoms with Crippen LogP contribution in [0.5, 0.6) is 0 Å². The molecule has 2 unspecified atom stereocenters. The van der Waals surface area contributed by atoms with Crippen molar-refractivity contribution in [3.05, 3.63) is 29.6 Å². The summed E-state index contributed by atoms with van der Waals surface area (Å²) in [4.78, 5) is 15.8. The quantitative estimate of drug-likeness (QED) is 0.781. The molecule has 3 rings (SSSR count). The van der Waals surface area contributed by atoms with Crippen molar-refractivity contribution in [3.8, 4) is 0 Å². The summed E-state index contributed by atoms with van der Waals surface area (Å²) in [7, 11) is -0.862. The lowest BCUT2D eigenvalue weighted by Crippen LogP contribution is -2.41. The van der Waals surface area contributed by atoms with E-state index in [1.54, 1.807) is 0 Å². The number of halogens is 3. The molecule has 2 aliphatic rings. The van der Waals surface area contributed by atoms with Gasteiger partial charge in [0.15, 0.2) is 5.78 Å². The van der Waals surface area contributed by atoms with Crippen molar-refractivity contribution in [2.45, 2.75) is 48.8 Å². The van der Waals surface area contributed by atoms with Crippen LogP contribution in [-0.4, -0.2) is 25.5 Å². The number of hydrogen-bond donors (Lipinski definition) is 0. The molecule has 0 N–H and O–H groups in total. The molecule has 0 spiro atoms. The lowest BCUT2D eigenvalue weighted by molar-refractivity contribution is -0.141. The van der Waals surface area contributed by atoms with Gasteiger partial charge in [-0.05, 0) is 37.8 Å². The Morgan fingerprint density at radius 1 is 1.18 bits per heavy atom. The van der Waals surface area contributed by atoms with Crippen molar-refractivity contribution < 1.29 is 22.2 Å². The molecule has 2 bridgehead atoms. The molecule has 0 aliphatic carbocycles. The van der Waals surface area contributed by atoms with Gasteiger partial charge in [-0.15, -0.1) is 0 Å². The third-order valence-electron chi connectivity index (χ3n) is 4.51. The number of ketones is 1. The molecule has 120 valence electrons. The Bertz CT molecular complexity index is 584. The molecule has 2 saturated heterocycles. The zero-order valence-corrected chi connectivity index (χ0v) is 12.6. The van der Waals surface area contributed by atoms with Gasteiger partial charge in [0.05, 0.1) is 0 Å². The molecule has 1 aromatic rings. The minimum atomic E-state index is -4.50. The van der Waals surface area contributed by atoms with Crippen LogP contribution in [-0.2, 0) is 17.0 Å². The van der Waals surface area contributed by atoms with Gasteiger partial charge in [0.1, 0.15) is 5.69 Å². The number of rotatable bonds is 2. The van der Waals surface area contributed by atoms with E-state index in [4.69, 9.17) is 0 Å². The summed E-state index contributed by atoms with van der Waals surface area (Å²) in [6, 6.07) is 2.04. The molecule has 2 aliphatic heterocycles. The van der Waals surface area contributed by atoms with Gasteiger partial charge < -0.3 is 0 Å². The van der Waals surface area contributed by atoms with E-state index in [0.717, 1.165) is 31.5 Å². The number of carbonyl (C=O) groups excluding carboxylic acids is 1. The second kappa shape index (κ2) is 5.76. The minimum absolute atomic E-state index is 0.0591. The number of carbonyl (C=O) groups is 1. The maximum Gasteiger partial charge on any atom is 0.433 e. The predicted octanol–water partition coefficient (Wildman–Crippen LogP) is 3.36. The Labute approximate surface area is 128 Å². The smallest absolute Gasteiger partial charge is 0.294 e. The number of nitrogens with zero attached hydrogens (tertiary/aromatic N) is 1. The molecular formula is C15H16F3NO2S. The van der Waals surface area contributed by atoms with Crippen LogP contribution in [0.15, 0.2) is 18.3 Å². The average Bonchev–Trinajstić information content (AvgIpc) is 2.45. The monoisotopic (exact) mass is 331 g/mol. The topological polar surface area (TPSA) is 47.0 Å². The van der Waals surface area contributed by atoms with Crippen LogP contribution < -0.4 is 0 Å². The lowest BCUT2D eigenvalue weighted by atomic mass is 9.85. The van der Waals surface area contributed by atoms with E-state index in [1.165, 1.54) is 6.07 Å². The van der Waals surface area contributed by atoms with Gasteiger partial charge in [0.2, 0.25) is 0 Å². The van der Waals surface area contributed by atoms with Gasteiger partial charge in [-0.3, -0.25) is 14.0 Å². The molecule has 3 heterocycles. The number of Topliss-reactive ketones (excluding diaryl/α,β-unsaturated/α-hetero) is 1. The zero-order valence-electron chi connectivity index (χ0n) is 11.8. The summed E-state index contributed by atoms with van der Waals surface area (Å²) in [5, 5.41) is 0.118. The first-order chi connectivity index (χ1) is 10.4. The Balaban J connectivity index is 1.75. The fraction of sp³-hybridized carbons (Fsp3) is 0.600. The van der Waals surface area contributed by atoms with Crippen LogP contribution in [0.25, 0.3) is 0 Å². The van der Waals surface area contributed by atoms with Gasteiger partial charge in [-0.2, -0.15) is 13.2 Å². The predicted molar refractivity (Wildman–Crippen MR) is 75.9 cm³/mol. The molecule has 2 atom stereocenters. The highest BCUT2D eigenvalue weighted by Gasteiger charge is 2.40. The first-order valence-electron chi connectivity index (χ1n) is 7.33. The number of pyridine rings is 1. The standard InChI is InChI=1S/C15H16F3NO2S/c16-15(17,18)13-5-4-9(8-19-13)14(20)10-6-11-2-1-3-12(7-10)22(11)21/h4-5,8,10-12H,1-3,6-7H2. The summed E-state index contributed by atoms with van der Waals surface area (Å²) in [5.74, 6) is -0.415. The van der Waals surface area contributed by atoms with Crippen LogP contribution >= 0.6 is 0 Å². The van der Waals surface area contributed by atoms with Crippen molar-refractivity contribution in [1.82, 2.24) is 4.98 Å². The SMILES string of the molecule is O=C(c1ccc(C(F)(F)F)nc1)C1CC2CCCC(C1)S2=O. The van der Waals surface area contributed by atoms with E-state index in [1.807, 2.05) is 0 Å². The van der Waals surface area contributed by atoms with Crippen LogP contribution in [0.4, 0.5) is 13.2 Å². The van der Waals surface area contributed by atoms with Crippen molar-refractivity contribution in [1.29, 1.82) is 0 Å². The highest BCUT2D eigenvalue weighted by molar-refractivity contribution is 7.86. The molecule has 0 saturated carbocycles. The second-order valence-electron chi connectivity index (χ2n) is 5.97. The number of aromatic nitrogens is 1. The number of hydrogen-bond acceptors (Lipinski definition) is 3. The molecule has 0 radical (unpaired) electrons. The van der Waals surface area contributed by atoms with E-state index in [-0.39, 0.29) is 27.8 Å². The van der Waals surface area contributed by atoms with E-state index >= 15 is 0 Å². The largest absolute Gasteiger partial charge is 0.433 e. The molecular weight excluding hydrogens is 315 g/mol. The van der Waals surface area contributed by atoms with Crippen LogP contribution in [0.3, 0.4) is 0 Å². The minimum Gasteiger partial charge on any atom is -0.294 e. The first kappa shape index (κ1) is 15.6. The first-order valence-corrected chi connectivity index (χ1v) is 8.60. The zero-order chi connectivity index (χ0) is 15.9. The molecule has 0 amide bonds. The molecule has 1 aromatic heterocycles. The Morgan fingerprint density at radius 3 is 2.32 bits per heavy atom. The number of alkyl halides is 3. The van der Waals surface area contributed by atoms with E-state index in [0.29, 0.717) is 12.8 Å². The normalized spacial score (nSPS) is 31.8. The molecule has 7 heteroatoms. The van der Waals surface area contributed by atoms with Crippen molar-refractivity contribution in [2.24, 2.45) is 5.92 Å². The Kier molecular flexibility index (Phi) is 4.09. The number of fused-ring (bicyclic) bond motifs is 2.